The summed E-state index contributed by atoms with van der Waals surface area (Å²) in [6.45, 7) is 3.66. The van der Waals surface area contributed by atoms with Crippen LogP contribution < -0.4 is 0 Å². The van der Waals surface area contributed by atoms with Crippen LogP contribution >= 0.6 is 0 Å². The van der Waals surface area contributed by atoms with E-state index in [4.69, 9.17) is 9.15 Å². The fourth-order valence-corrected chi connectivity index (χ4v) is 2.75. The lowest BCUT2D eigenvalue weighted by molar-refractivity contribution is 0.0280. The molecule has 140 valence electrons. The molecule has 0 N–H and O–H groups in total. The van der Waals surface area contributed by atoms with Crippen LogP contribution in [0.25, 0.3) is 17.1 Å². The summed E-state index contributed by atoms with van der Waals surface area (Å²) in [5.41, 5.74) is 3.12. The topological polar surface area (TPSA) is 83.0 Å². The molecule has 2 aromatic heterocycles. The van der Waals surface area contributed by atoms with Crippen molar-refractivity contribution in [1.29, 1.82) is 0 Å². The molecular weight excluding hydrogens is 356 g/mol. The van der Waals surface area contributed by atoms with Gasteiger partial charge in [0.05, 0.1) is 11.3 Å². The van der Waals surface area contributed by atoms with Gasteiger partial charge >= 0.3 is 5.97 Å². The Bertz CT molecular complexity index is 1080. The second-order valence-electron chi connectivity index (χ2n) is 6.29. The summed E-state index contributed by atoms with van der Waals surface area (Å²) < 4.78 is 12.9. The van der Waals surface area contributed by atoms with Gasteiger partial charge in [0.25, 0.3) is 5.89 Å². The zero-order chi connectivity index (χ0) is 19.5. The molecule has 28 heavy (non-hydrogen) atoms. The van der Waals surface area contributed by atoms with Gasteiger partial charge in [0.15, 0.2) is 6.10 Å². The molecule has 0 unspecified atom stereocenters. The van der Waals surface area contributed by atoms with E-state index >= 15 is 0 Å². The van der Waals surface area contributed by atoms with E-state index in [0.717, 1.165) is 16.9 Å². The molecule has 0 radical (unpaired) electrons. The van der Waals surface area contributed by atoms with Crippen LogP contribution in [0.5, 0.6) is 0 Å². The largest absolute Gasteiger partial charge is 0.449 e. The lowest BCUT2D eigenvalue weighted by atomic mass is 10.2. The molecule has 1 atom stereocenters. The first kappa shape index (κ1) is 17.7. The van der Waals surface area contributed by atoms with Gasteiger partial charge in [-0.2, -0.15) is 5.10 Å². The van der Waals surface area contributed by atoms with E-state index in [1.165, 1.54) is 0 Å². The standard InChI is InChI=1S/C21H18N4O3/c1-14-12-13-22-25(14)18-10-8-17(9-11-18)21(26)27-15(2)19-23-24-20(28-19)16-6-4-3-5-7-16/h3-13,15H,1-2H3/t15-/m0/s1. The first-order chi connectivity index (χ1) is 13.6. The average Bonchev–Trinajstić information content (AvgIpc) is 3.38. The van der Waals surface area contributed by atoms with Crippen molar-refractivity contribution < 1.29 is 13.9 Å². The van der Waals surface area contributed by atoms with Gasteiger partial charge in [0.2, 0.25) is 5.89 Å². The van der Waals surface area contributed by atoms with E-state index in [-0.39, 0.29) is 5.89 Å². The first-order valence-electron chi connectivity index (χ1n) is 8.82. The number of hydrogen-bond acceptors (Lipinski definition) is 6. The van der Waals surface area contributed by atoms with E-state index < -0.39 is 12.1 Å². The van der Waals surface area contributed by atoms with Crippen LogP contribution in [0.15, 0.2) is 71.3 Å². The van der Waals surface area contributed by atoms with E-state index in [9.17, 15) is 4.79 Å². The van der Waals surface area contributed by atoms with Gasteiger partial charge in [-0.25, -0.2) is 9.48 Å². The van der Waals surface area contributed by atoms with Gasteiger partial charge in [0, 0.05) is 17.5 Å². The highest BCUT2D eigenvalue weighted by Crippen LogP contribution is 2.23. The zero-order valence-corrected chi connectivity index (χ0v) is 15.4. The van der Waals surface area contributed by atoms with Crippen molar-refractivity contribution in [3.8, 4) is 17.1 Å². The lowest BCUT2D eigenvalue weighted by Gasteiger charge is -2.10. The minimum atomic E-state index is -0.662. The van der Waals surface area contributed by atoms with Crippen LogP contribution in [0, 0.1) is 6.92 Å². The summed E-state index contributed by atoms with van der Waals surface area (Å²) in [6, 6.07) is 18.4. The van der Waals surface area contributed by atoms with Crippen LogP contribution in [0.4, 0.5) is 0 Å². The molecule has 0 spiro atoms. The van der Waals surface area contributed by atoms with Gasteiger partial charge < -0.3 is 9.15 Å². The molecule has 0 saturated carbocycles. The third kappa shape index (κ3) is 3.55. The molecule has 2 heterocycles. The smallest absolute Gasteiger partial charge is 0.338 e. The van der Waals surface area contributed by atoms with E-state index in [1.54, 1.807) is 29.9 Å². The van der Waals surface area contributed by atoms with Crippen LogP contribution in [0.2, 0.25) is 0 Å². The van der Waals surface area contributed by atoms with Crippen molar-refractivity contribution in [3.05, 3.63) is 84.0 Å². The third-order valence-electron chi connectivity index (χ3n) is 4.27. The monoisotopic (exact) mass is 374 g/mol. The Labute approximate surface area is 161 Å². The molecule has 0 aliphatic heterocycles. The Morgan fingerprint density at radius 2 is 1.79 bits per heavy atom. The maximum absolute atomic E-state index is 12.4. The first-order valence-corrected chi connectivity index (χ1v) is 8.82. The van der Waals surface area contributed by atoms with Gasteiger partial charge in [-0.15, -0.1) is 10.2 Å². The number of carbonyl (C=O) groups is 1. The summed E-state index contributed by atoms with van der Waals surface area (Å²) in [5.74, 6) is 0.170. The van der Waals surface area contributed by atoms with Crippen LogP contribution in [0.1, 0.15) is 35.0 Å². The van der Waals surface area contributed by atoms with Crippen molar-refractivity contribution in [2.24, 2.45) is 0 Å². The molecule has 4 rings (SSSR count). The van der Waals surface area contributed by atoms with Gasteiger partial charge in [-0.05, 0) is 56.3 Å². The van der Waals surface area contributed by atoms with Crippen LogP contribution in [-0.4, -0.2) is 25.9 Å². The lowest BCUT2D eigenvalue weighted by Crippen LogP contribution is -2.10. The Balaban J connectivity index is 1.45. The van der Waals surface area contributed by atoms with Gasteiger partial charge in [-0.3, -0.25) is 0 Å². The maximum atomic E-state index is 12.4. The normalized spacial score (nSPS) is 11.9. The molecule has 2 aromatic carbocycles. The minimum Gasteiger partial charge on any atom is -0.449 e. The maximum Gasteiger partial charge on any atom is 0.338 e. The molecule has 0 fully saturated rings. The molecule has 0 saturated heterocycles. The summed E-state index contributed by atoms with van der Waals surface area (Å²) in [4.78, 5) is 12.4. The summed E-state index contributed by atoms with van der Waals surface area (Å²) in [7, 11) is 0. The summed E-state index contributed by atoms with van der Waals surface area (Å²) >= 11 is 0. The predicted molar refractivity (Wildman–Crippen MR) is 102 cm³/mol. The number of ether oxygens (including phenoxy) is 1. The SMILES string of the molecule is Cc1ccnn1-c1ccc(C(=O)O[C@@H](C)c2nnc(-c3ccccc3)o2)cc1. The molecule has 0 aliphatic carbocycles. The Morgan fingerprint density at radius 1 is 1.04 bits per heavy atom. The number of rotatable bonds is 5. The molecular formula is C21H18N4O3. The Hall–Kier alpha value is -3.74. The Kier molecular flexibility index (Phi) is 4.72. The minimum absolute atomic E-state index is 0.246. The summed E-state index contributed by atoms with van der Waals surface area (Å²) in [5, 5.41) is 12.3. The number of esters is 1. The molecule has 0 bridgehead atoms. The predicted octanol–water partition coefficient (Wildman–Crippen LogP) is 4.15. The fraction of sp³-hybridized carbons (Fsp3) is 0.143. The second-order valence-corrected chi connectivity index (χ2v) is 6.29. The van der Waals surface area contributed by atoms with Crippen molar-refractivity contribution >= 4 is 5.97 Å². The van der Waals surface area contributed by atoms with Gasteiger partial charge in [0.1, 0.15) is 0 Å². The van der Waals surface area contributed by atoms with Crippen molar-refractivity contribution in [2.75, 3.05) is 0 Å². The van der Waals surface area contributed by atoms with Crippen molar-refractivity contribution in [3.63, 3.8) is 0 Å². The number of benzene rings is 2. The number of nitrogens with zero attached hydrogens (tertiary/aromatic N) is 4. The number of hydrogen-bond donors (Lipinski definition) is 0. The van der Waals surface area contributed by atoms with E-state index in [1.807, 2.05) is 55.5 Å². The second kappa shape index (κ2) is 7.48. The molecule has 7 nitrogen and oxygen atoms in total. The van der Waals surface area contributed by atoms with Crippen LogP contribution in [0.3, 0.4) is 0 Å². The van der Waals surface area contributed by atoms with Gasteiger partial charge in [-0.1, -0.05) is 18.2 Å². The molecule has 7 heteroatoms. The average molecular weight is 374 g/mol. The molecule has 0 aliphatic rings. The van der Waals surface area contributed by atoms with Crippen molar-refractivity contribution in [1.82, 2.24) is 20.0 Å². The quantitative estimate of drug-likeness (QED) is 0.488. The highest BCUT2D eigenvalue weighted by Gasteiger charge is 2.20. The molecule has 0 amide bonds. The third-order valence-corrected chi connectivity index (χ3v) is 4.27. The van der Waals surface area contributed by atoms with Crippen molar-refractivity contribution in [2.45, 2.75) is 20.0 Å². The van der Waals surface area contributed by atoms with Crippen LogP contribution in [-0.2, 0) is 4.74 Å². The number of aromatic nitrogens is 4. The number of carbonyl (C=O) groups excluding carboxylic acids is 1. The number of aryl methyl sites for hydroxylation is 1. The Morgan fingerprint density at radius 3 is 2.46 bits per heavy atom. The highest BCUT2D eigenvalue weighted by atomic mass is 16.6. The van der Waals surface area contributed by atoms with E-state index in [2.05, 4.69) is 15.3 Å². The fourth-order valence-electron chi connectivity index (χ4n) is 2.75. The highest BCUT2D eigenvalue weighted by molar-refractivity contribution is 5.89. The summed E-state index contributed by atoms with van der Waals surface area (Å²) in [6.07, 6.45) is 1.07. The zero-order valence-electron chi connectivity index (χ0n) is 15.4. The van der Waals surface area contributed by atoms with E-state index in [0.29, 0.717) is 11.5 Å². The molecule has 4 aromatic rings.